The first-order valence-electron chi connectivity index (χ1n) is 5.10. The third-order valence-electron chi connectivity index (χ3n) is 2.19. The van der Waals surface area contributed by atoms with Gasteiger partial charge < -0.3 is 4.90 Å². The fraction of sp³-hybridized carbons (Fsp3) is 0.556. The fourth-order valence-corrected chi connectivity index (χ4v) is 2.34. The van der Waals surface area contributed by atoms with E-state index in [0.717, 1.165) is 6.42 Å². The van der Waals surface area contributed by atoms with E-state index in [0.29, 0.717) is 12.1 Å². The maximum Gasteiger partial charge on any atom is 0.275 e. The zero-order valence-electron chi connectivity index (χ0n) is 10.0. The van der Waals surface area contributed by atoms with Crippen LogP contribution in [0.3, 0.4) is 0 Å². The first-order valence-corrected chi connectivity index (χ1v) is 6.65. The summed E-state index contributed by atoms with van der Waals surface area (Å²) < 4.78 is 23.0. The van der Waals surface area contributed by atoms with Crippen molar-refractivity contribution in [3.63, 3.8) is 0 Å². The molecule has 96 valence electrons. The Morgan fingerprint density at radius 1 is 1.47 bits per heavy atom. The zero-order chi connectivity index (χ0) is 13.2. The average Bonchev–Trinajstić information content (AvgIpc) is 2.60. The van der Waals surface area contributed by atoms with E-state index in [-0.39, 0.29) is 10.6 Å². The molecule has 1 aromatic rings. The van der Waals surface area contributed by atoms with E-state index >= 15 is 0 Å². The summed E-state index contributed by atoms with van der Waals surface area (Å²) in [6, 6.07) is 0. The van der Waals surface area contributed by atoms with Crippen LogP contribution in [0.15, 0.2) is 4.90 Å². The molecule has 0 saturated heterocycles. The van der Waals surface area contributed by atoms with Gasteiger partial charge in [-0.05, 0) is 6.42 Å². The van der Waals surface area contributed by atoms with E-state index in [1.165, 1.54) is 19.0 Å². The van der Waals surface area contributed by atoms with Gasteiger partial charge in [0.25, 0.3) is 5.91 Å². The number of rotatable bonds is 4. The molecule has 7 nitrogen and oxygen atoms in total. The molecule has 0 spiro atoms. The number of hydrogen-bond acceptors (Lipinski definition) is 4. The van der Waals surface area contributed by atoms with Gasteiger partial charge in [0.1, 0.15) is 4.90 Å². The number of nitrogens with one attached hydrogen (secondary N) is 1. The molecule has 8 heteroatoms. The van der Waals surface area contributed by atoms with Gasteiger partial charge in [0.15, 0.2) is 5.69 Å². The normalized spacial score (nSPS) is 11.5. The Hall–Kier alpha value is -1.41. The molecule has 0 aliphatic carbocycles. The summed E-state index contributed by atoms with van der Waals surface area (Å²) in [4.78, 5) is 12.8. The van der Waals surface area contributed by atoms with Crippen molar-refractivity contribution in [2.45, 2.75) is 24.7 Å². The number of nitrogens with zero attached hydrogens (tertiary/aromatic N) is 2. The van der Waals surface area contributed by atoms with E-state index in [9.17, 15) is 13.2 Å². The maximum atomic E-state index is 11.8. The van der Waals surface area contributed by atoms with E-state index in [2.05, 4.69) is 10.2 Å². The van der Waals surface area contributed by atoms with Gasteiger partial charge >= 0.3 is 0 Å². The summed E-state index contributed by atoms with van der Waals surface area (Å²) >= 11 is 0. The molecule has 17 heavy (non-hydrogen) atoms. The topological polar surface area (TPSA) is 109 Å². The number of H-pyrrole nitrogens is 1. The molecule has 1 aromatic heterocycles. The zero-order valence-corrected chi connectivity index (χ0v) is 10.8. The van der Waals surface area contributed by atoms with Crippen LogP contribution in [0.4, 0.5) is 0 Å². The molecule has 0 aromatic carbocycles. The Morgan fingerprint density at radius 2 is 2.06 bits per heavy atom. The van der Waals surface area contributed by atoms with Crippen LogP contribution in [0.25, 0.3) is 0 Å². The lowest BCUT2D eigenvalue weighted by Gasteiger charge is -2.09. The smallest absolute Gasteiger partial charge is 0.275 e. The predicted molar refractivity (Wildman–Crippen MR) is 62.0 cm³/mol. The van der Waals surface area contributed by atoms with Crippen LogP contribution in [0.1, 0.15) is 29.5 Å². The second kappa shape index (κ2) is 4.84. The minimum Gasteiger partial charge on any atom is -0.343 e. The third-order valence-corrected chi connectivity index (χ3v) is 3.19. The first kappa shape index (κ1) is 13.7. The summed E-state index contributed by atoms with van der Waals surface area (Å²) in [6.45, 7) is 1.89. The van der Waals surface area contributed by atoms with Gasteiger partial charge in [-0.15, -0.1) is 0 Å². The molecule has 0 atom stereocenters. The Labute approximate surface area is 100 Å². The molecule has 1 rings (SSSR count). The summed E-state index contributed by atoms with van der Waals surface area (Å²) in [5.74, 6) is -0.493. The Morgan fingerprint density at radius 3 is 2.47 bits per heavy atom. The van der Waals surface area contributed by atoms with Crippen molar-refractivity contribution in [2.75, 3.05) is 14.1 Å². The predicted octanol–water partition coefficient (Wildman–Crippen LogP) is -0.289. The van der Waals surface area contributed by atoms with E-state index < -0.39 is 15.9 Å². The van der Waals surface area contributed by atoms with Gasteiger partial charge in [-0.1, -0.05) is 13.3 Å². The summed E-state index contributed by atoms with van der Waals surface area (Å²) in [5, 5.41) is 11.4. The van der Waals surface area contributed by atoms with Crippen LogP contribution in [-0.2, 0) is 16.4 Å². The van der Waals surface area contributed by atoms with Gasteiger partial charge in [0, 0.05) is 14.1 Å². The number of carbonyl (C=O) groups is 1. The summed E-state index contributed by atoms with van der Waals surface area (Å²) in [7, 11) is -0.928. The molecule has 1 amide bonds. The quantitative estimate of drug-likeness (QED) is 0.775. The number of aromatic amines is 1. The number of nitrogens with two attached hydrogens (primary N) is 1. The minimum absolute atomic E-state index is 0.152. The minimum atomic E-state index is -3.96. The first-order chi connectivity index (χ1) is 7.79. The molecule has 0 unspecified atom stereocenters. The summed E-state index contributed by atoms with van der Waals surface area (Å²) in [5.41, 5.74) is 0.223. The highest BCUT2D eigenvalue weighted by Gasteiger charge is 2.27. The highest BCUT2D eigenvalue weighted by atomic mass is 32.2. The number of primary sulfonamides is 1. The summed E-state index contributed by atoms with van der Waals surface area (Å²) in [6.07, 6.45) is 1.19. The third kappa shape index (κ3) is 2.83. The molecular formula is C9H16N4O3S. The second-order valence-electron chi connectivity index (χ2n) is 3.87. The fourth-order valence-electron chi connectivity index (χ4n) is 1.45. The van der Waals surface area contributed by atoms with Gasteiger partial charge in [0.05, 0.1) is 5.69 Å². The Balaban J connectivity index is 3.38. The molecule has 0 bridgehead atoms. The van der Waals surface area contributed by atoms with Gasteiger partial charge in [-0.2, -0.15) is 5.10 Å². The standard InChI is InChI=1S/C9H16N4O3S/c1-4-5-6-8(17(10,15)16)7(12-11-6)9(14)13(2)3/h4-5H2,1-3H3,(H,11,12)(H2,10,15,16). The van der Waals surface area contributed by atoms with Crippen molar-refractivity contribution in [1.29, 1.82) is 0 Å². The van der Waals surface area contributed by atoms with Crippen molar-refractivity contribution in [1.82, 2.24) is 15.1 Å². The molecule has 1 heterocycles. The largest absolute Gasteiger partial charge is 0.343 e. The van der Waals surface area contributed by atoms with Crippen LogP contribution < -0.4 is 5.14 Å². The van der Waals surface area contributed by atoms with E-state index in [1.54, 1.807) is 0 Å². The Bertz CT molecular complexity index is 518. The van der Waals surface area contributed by atoms with Gasteiger partial charge in [0.2, 0.25) is 10.0 Å². The molecular weight excluding hydrogens is 244 g/mol. The lowest BCUT2D eigenvalue weighted by atomic mass is 10.2. The van der Waals surface area contributed by atoms with Crippen molar-refractivity contribution in [2.24, 2.45) is 5.14 Å². The van der Waals surface area contributed by atoms with Crippen LogP contribution in [0, 0.1) is 0 Å². The van der Waals surface area contributed by atoms with Crippen molar-refractivity contribution >= 4 is 15.9 Å². The number of hydrogen-bond donors (Lipinski definition) is 2. The number of carbonyl (C=O) groups excluding carboxylic acids is 1. The lowest BCUT2D eigenvalue weighted by Crippen LogP contribution is -2.25. The molecule has 0 radical (unpaired) electrons. The molecule has 3 N–H and O–H groups in total. The highest BCUT2D eigenvalue weighted by Crippen LogP contribution is 2.19. The van der Waals surface area contributed by atoms with Crippen molar-refractivity contribution < 1.29 is 13.2 Å². The number of aryl methyl sites for hydroxylation is 1. The lowest BCUT2D eigenvalue weighted by molar-refractivity contribution is 0.0818. The Kier molecular flexibility index (Phi) is 3.89. The number of aromatic nitrogens is 2. The number of sulfonamides is 1. The van der Waals surface area contributed by atoms with E-state index in [4.69, 9.17) is 5.14 Å². The van der Waals surface area contributed by atoms with Gasteiger partial charge in [-0.3, -0.25) is 9.89 Å². The molecule has 0 fully saturated rings. The molecule has 0 aliphatic rings. The van der Waals surface area contributed by atoms with Crippen molar-refractivity contribution in [3.8, 4) is 0 Å². The van der Waals surface area contributed by atoms with Crippen LogP contribution in [0.5, 0.6) is 0 Å². The number of amides is 1. The van der Waals surface area contributed by atoms with Crippen LogP contribution in [-0.4, -0.2) is 43.5 Å². The molecule has 0 aliphatic heterocycles. The van der Waals surface area contributed by atoms with Crippen LogP contribution in [0.2, 0.25) is 0 Å². The highest BCUT2D eigenvalue weighted by molar-refractivity contribution is 7.89. The SMILES string of the molecule is CCCc1[nH]nc(C(=O)N(C)C)c1S(N)(=O)=O. The van der Waals surface area contributed by atoms with E-state index in [1.807, 2.05) is 6.92 Å². The van der Waals surface area contributed by atoms with Crippen molar-refractivity contribution in [3.05, 3.63) is 11.4 Å². The maximum absolute atomic E-state index is 11.8. The van der Waals surface area contributed by atoms with Crippen LogP contribution >= 0.6 is 0 Å². The average molecular weight is 260 g/mol. The second-order valence-corrected chi connectivity index (χ2v) is 5.37. The monoisotopic (exact) mass is 260 g/mol. The van der Waals surface area contributed by atoms with Gasteiger partial charge in [-0.25, -0.2) is 13.6 Å². The molecule has 0 saturated carbocycles.